The van der Waals surface area contributed by atoms with Crippen molar-refractivity contribution < 1.29 is 15.0 Å². The lowest BCUT2D eigenvalue weighted by molar-refractivity contribution is -0.131. The molecule has 0 aromatic rings. The molecule has 0 aromatic heterocycles. The van der Waals surface area contributed by atoms with E-state index in [9.17, 15) is 15.0 Å². The SMILES string of the molecule is CCC12CC(O)C3C4CCC(=O)C=C4CCC3C1CCC2O. The molecule has 7 atom stereocenters. The molecule has 4 rings (SSSR count). The van der Waals surface area contributed by atoms with Crippen LogP contribution in [0.5, 0.6) is 0 Å². The highest BCUT2D eigenvalue weighted by atomic mass is 16.3. The predicted molar refractivity (Wildman–Crippen MR) is 84.1 cm³/mol. The van der Waals surface area contributed by atoms with E-state index in [1.54, 1.807) is 0 Å². The Morgan fingerprint density at radius 1 is 1.18 bits per heavy atom. The molecule has 22 heavy (non-hydrogen) atoms. The van der Waals surface area contributed by atoms with E-state index in [4.69, 9.17) is 0 Å². The number of ketones is 1. The summed E-state index contributed by atoms with van der Waals surface area (Å²) in [5.74, 6) is 2.12. The Kier molecular flexibility index (Phi) is 3.50. The molecule has 3 nitrogen and oxygen atoms in total. The summed E-state index contributed by atoms with van der Waals surface area (Å²) < 4.78 is 0. The van der Waals surface area contributed by atoms with Crippen molar-refractivity contribution >= 4 is 5.78 Å². The maximum Gasteiger partial charge on any atom is 0.155 e. The van der Waals surface area contributed by atoms with Crippen LogP contribution in [-0.4, -0.2) is 28.2 Å². The summed E-state index contributed by atoms with van der Waals surface area (Å²) in [6.45, 7) is 2.18. The Bertz CT molecular complexity index is 511. The number of hydrogen-bond donors (Lipinski definition) is 2. The van der Waals surface area contributed by atoms with Gasteiger partial charge in [0, 0.05) is 11.8 Å². The van der Waals surface area contributed by atoms with Crippen LogP contribution in [0.1, 0.15) is 58.3 Å². The van der Waals surface area contributed by atoms with Crippen LogP contribution < -0.4 is 0 Å². The van der Waals surface area contributed by atoms with Gasteiger partial charge in [0.25, 0.3) is 0 Å². The van der Waals surface area contributed by atoms with Crippen molar-refractivity contribution in [3.8, 4) is 0 Å². The minimum Gasteiger partial charge on any atom is -0.393 e. The number of carbonyl (C=O) groups is 1. The van der Waals surface area contributed by atoms with Gasteiger partial charge in [-0.25, -0.2) is 0 Å². The molecule has 0 radical (unpaired) electrons. The third kappa shape index (κ3) is 1.91. The molecule has 122 valence electrons. The Balaban J connectivity index is 1.69. The number of aliphatic hydroxyl groups is 2. The van der Waals surface area contributed by atoms with Crippen molar-refractivity contribution in [3.05, 3.63) is 11.6 Å². The van der Waals surface area contributed by atoms with E-state index in [0.717, 1.165) is 44.9 Å². The summed E-state index contributed by atoms with van der Waals surface area (Å²) in [5.41, 5.74) is 1.26. The van der Waals surface area contributed by atoms with Gasteiger partial charge in [-0.3, -0.25) is 4.79 Å². The van der Waals surface area contributed by atoms with Crippen LogP contribution in [0.25, 0.3) is 0 Å². The summed E-state index contributed by atoms with van der Waals surface area (Å²) in [7, 11) is 0. The zero-order valence-electron chi connectivity index (χ0n) is 13.5. The number of hydrogen-bond acceptors (Lipinski definition) is 3. The fraction of sp³-hybridized carbons (Fsp3) is 0.842. The van der Waals surface area contributed by atoms with E-state index in [-0.39, 0.29) is 23.4 Å². The van der Waals surface area contributed by atoms with Gasteiger partial charge < -0.3 is 10.2 Å². The van der Waals surface area contributed by atoms with Crippen molar-refractivity contribution in [2.75, 3.05) is 0 Å². The second kappa shape index (κ2) is 5.17. The topological polar surface area (TPSA) is 57.5 Å². The van der Waals surface area contributed by atoms with Gasteiger partial charge in [0.1, 0.15) is 0 Å². The van der Waals surface area contributed by atoms with Gasteiger partial charge in [-0.1, -0.05) is 12.5 Å². The van der Waals surface area contributed by atoms with E-state index in [0.29, 0.717) is 30.1 Å². The molecule has 3 saturated carbocycles. The average molecular weight is 304 g/mol. The number of allylic oxidation sites excluding steroid dienone is 1. The first-order valence-electron chi connectivity index (χ1n) is 9.16. The molecule has 4 aliphatic carbocycles. The first-order chi connectivity index (χ1) is 10.6. The Hall–Kier alpha value is -0.670. The van der Waals surface area contributed by atoms with Crippen LogP contribution in [0.4, 0.5) is 0 Å². The largest absolute Gasteiger partial charge is 0.393 e. The van der Waals surface area contributed by atoms with Crippen molar-refractivity contribution in [2.24, 2.45) is 29.1 Å². The van der Waals surface area contributed by atoms with Crippen LogP contribution in [0.15, 0.2) is 11.6 Å². The van der Waals surface area contributed by atoms with E-state index < -0.39 is 0 Å². The van der Waals surface area contributed by atoms with Gasteiger partial charge in [-0.05, 0) is 74.7 Å². The Morgan fingerprint density at radius 3 is 2.77 bits per heavy atom. The second-order valence-electron chi connectivity index (χ2n) is 8.17. The summed E-state index contributed by atoms with van der Waals surface area (Å²) in [5, 5.41) is 21.5. The molecule has 3 heteroatoms. The highest BCUT2D eigenvalue weighted by Gasteiger charge is 2.60. The molecular weight excluding hydrogens is 276 g/mol. The monoisotopic (exact) mass is 304 g/mol. The zero-order valence-corrected chi connectivity index (χ0v) is 13.5. The molecule has 0 spiro atoms. The Morgan fingerprint density at radius 2 is 2.00 bits per heavy atom. The van der Waals surface area contributed by atoms with Gasteiger partial charge in [0.2, 0.25) is 0 Å². The summed E-state index contributed by atoms with van der Waals surface area (Å²) in [4.78, 5) is 11.7. The van der Waals surface area contributed by atoms with Gasteiger partial charge in [-0.2, -0.15) is 0 Å². The van der Waals surface area contributed by atoms with Crippen molar-refractivity contribution in [1.29, 1.82) is 0 Å². The molecule has 4 aliphatic rings. The molecule has 7 unspecified atom stereocenters. The predicted octanol–water partition coefficient (Wildman–Crippen LogP) is 2.85. The third-order valence-corrected chi connectivity index (χ3v) is 7.61. The molecule has 0 saturated heterocycles. The first kappa shape index (κ1) is 14.9. The smallest absolute Gasteiger partial charge is 0.155 e. The highest BCUT2D eigenvalue weighted by Crippen LogP contribution is 2.63. The van der Waals surface area contributed by atoms with Crippen molar-refractivity contribution in [3.63, 3.8) is 0 Å². The molecule has 0 aliphatic heterocycles. The van der Waals surface area contributed by atoms with Crippen molar-refractivity contribution in [1.82, 2.24) is 0 Å². The van der Waals surface area contributed by atoms with E-state index >= 15 is 0 Å². The summed E-state index contributed by atoms with van der Waals surface area (Å²) >= 11 is 0. The van der Waals surface area contributed by atoms with Gasteiger partial charge in [0.05, 0.1) is 12.2 Å². The standard InChI is InChI=1S/C19H28O3/c1-2-19-10-16(21)18-13-6-4-12(20)9-11(13)3-5-14(18)15(19)7-8-17(19)22/h9,13-18,21-22H,2-8,10H2,1H3. The lowest BCUT2D eigenvalue weighted by atomic mass is 9.50. The number of fused-ring (bicyclic) bond motifs is 5. The molecule has 0 amide bonds. The molecule has 0 aromatic carbocycles. The van der Waals surface area contributed by atoms with E-state index in [2.05, 4.69) is 6.92 Å². The van der Waals surface area contributed by atoms with Gasteiger partial charge in [0.15, 0.2) is 5.78 Å². The summed E-state index contributed by atoms with van der Waals surface area (Å²) in [6, 6.07) is 0. The molecule has 2 N–H and O–H groups in total. The fourth-order valence-corrected chi connectivity index (χ4v) is 6.67. The molecule has 0 bridgehead atoms. The lowest BCUT2D eigenvalue weighted by Crippen LogP contribution is -2.54. The molecule has 0 heterocycles. The highest BCUT2D eigenvalue weighted by molar-refractivity contribution is 5.91. The summed E-state index contributed by atoms with van der Waals surface area (Å²) in [6.07, 6.45) is 8.79. The van der Waals surface area contributed by atoms with Crippen LogP contribution in [0, 0.1) is 29.1 Å². The quantitative estimate of drug-likeness (QED) is 0.783. The molecular formula is C19H28O3. The maximum absolute atomic E-state index is 11.7. The minimum absolute atomic E-state index is 0.0493. The van der Waals surface area contributed by atoms with Crippen LogP contribution in [0.2, 0.25) is 0 Å². The Labute approximate surface area is 132 Å². The number of aliphatic hydroxyl groups excluding tert-OH is 2. The second-order valence-corrected chi connectivity index (χ2v) is 8.17. The zero-order chi connectivity index (χ0) is 15.5. The molecule has 3 fully saturated rings. The van der Waals surface area contributed by atoms with Gasteiger partial charge in [-0.15, -0.1) is 0 Å². The third-order valence-electron chi connectivity index (χ3n) is 7.61. The normalized spacial score (nSPS) is 50.9. The number of rotatable bonds is 1. The number of carbonyl (C=O) groups excluding carboxylic acids is 1. The van der Waals surface area contributed by atoms with Crippen LogP contribution >= 0.6 is 0 Å². The fourth-order valence-electron chi connectivity index (χ4n) is 6.67. The van der Waals surface area contributed by atoms with Crippen molar-refractivity contribution in [2.45, 2.75) is 70.5 Å². The average Bonchev–Trinajstić information content (AvgIpc) is 2.84. The maximum atomic E-state index is 11.7. The van der Waals surface area contributed by atoms with Crippen LogP contribution in [-0.2, 0) is 4.79 Å². The van der Waals surface area contributed by atoms with Crippen LogP contribution in [0.3, 0.4) is 0 Å². The van der Waals surface area contributed by atoms with E-state index in [1.165, 1.54) is 5.57 Å². The van der Waals surface area contributed by atoms with E-state index in [1.807, 2.05) is 6.08 Å². The lowest BCUT2D eigenvalue weighted by Gasteiger charge is -2.56. The minimum atomic E-state index is -0.309. The first-order valence-corrected chi connectivity index (χ1v) is 9.16. The van der Waals surface area contributed by atoms with Gasteiger partial charge >= 0.3 is 0 Å².